The molecule has 1 atom stereocenters. The average molecular weight is 421 g/mol. The lowest BCUT2D eigenvalue weighted by molar-refractivity contribution is -0.122. The maximum atomic E-state index is 13.0. The molecule has 1 unspecified atom stereocenters. The van der Waals surface area contributed by atoms with Gasteiger partial charge in [-0.05, 0) is 36.6 Å². The molecule has 1 aromatic heterocycles. The average Bonchev–Trinajstić information content (AvgIpc) is 3.43. The largest absolute Gasteiger partial charge is 0.483 e. The molecular weight excluding hydrogens is 392 g/mol. The smallest absolute Gasteiger partial charge is 0.290 e. The Bertz CT molecular complexity index is 1000. The van der Waals surface area contributed by atoms with E-state index >= 15 is 0 Å². The van der Waals surface area contributed by atoms with Gasteiger partial charge in [-0.15, -0.1) is 0 Å². The zero-order valence-electron chi connectivity index (χ0n) is 17.9. The molecule has 162 valence electrons. The predicted octanol–water partition coefficient (Wildman–Crippen LogP) is 3.39. The molecular formula is C24H28N4O3. The Hall–Kier alpha value is -3.61. The summed E-state index contributed by atoms with van der Waals surface area (Å²) in [7, 11) is 3.86. The number of rotatable bonds is 5. The number of imidazole rings is 1. The van der Waals surface area contributed by atoms with Gasteiger partial charge in [-0.3, -0.25) is 9.59 Å². The topological polar surface area (TPSA) is 78.7 Å². The molecule has 0 bridgehead atoms. The predicted molar refractivity (Wildman–Crippen MR) is 121 cm³/mol. The molecule has 1 amide bonds. The molecule has 1 saturated heterocycles. The lowest BCUT2D eigenvalue weighted by atomic mass is 10.1. The Morgan fingerprint density at radius 2 is 1.97 bits per heavy atom. The van der Waals surface area contributed by atoms with Crippen LogP contribution in [0.2, 0.25) is 0 Å². The Balaban J connectivity index is 0.000000858. The third-order valence-corrected chi connectivity index (χ3v) is 5.47. The van der Waals surface area contributed by atoms with E-state index in [0.717, 1.165) is 37.4 Å². The van der Waals surface area contributed by atoms with Gasteiger partial charge in [-0.25, -0.2) is 4.98 Å². The van der Waals surface area contributed by atoms with Crippen LogP contribution in [-0.2, 0) is 11.8 Å². The van der Waals surface area contributed by atoms with Crippen LogP contribution in [0.3, 0.4) is 0 Å². The monoisotopic (exact) mass is 420 g/mol. The van der Waals surface area contributed by atoms with E-state index < -0.39 is 0 Å². The fourth-order valence-electron chi connectivity index (χ4n) is 3.98. The van der Waals surface area contributed by atoms with Crippen LogP contribution in [0, 0.1) is 5.92 Å². The normalized spacial score (nSPS) is 15.2. The molecule has 1 aliphatic rings. The lowest BCUT2D eigenvalue weighted by Crippen LogP contribution is -2.33. The summed E-state index contributed by atoms with van der Waals surface area (Å²) >= 11 is 0. The van der Waals surface area contributed by atoms with Gasteiger partial charge in [0.05, 0.1) is 0 Å². The zero-order valence-corrected chi connectivity index (χ0v) is 17.9. The van der Waals surface area contributed by atoms with Crippen LogP contribution in [0.4, 0.5) is 5.69 Å². The summed E-state index contributed by atoms with van der Waals surface area (Å²) in [6.45, 7) is 2.56. The molecule has 0 spiro atoms. The quantitative estimate of drug-likeness (QED) is 0.640. The van der Waals surface area contributed by atoms with Gasteiger partial charge < -0.3 is 19.5 Å². The number of carbonyl (C=O) groups is 2. The van der Waals surface area contributed by atoms with E-state index in [4.69, 9.17) is 9.90 Å². The Morgan fingerprint density at radius 3 is 2.65 bits per heavy atom. The summed E-state index contributed by atoms with van der Waals surface area (Å²) in [5.74, 6) is 1.42. The Morgan fingerprint density at radius 1 is 1.23 bits per heavy atom. The minimum atomic E-state index is -0.250. The van der Waals surface area contributed by atoms with Crippen molar-refractivity contribution in [1.82, 2.24) is 14.5 Å². The van der Waals surface area contributed by atoms with Gasteiger partial charge in [-0.2, -0.15) is 0 Å². The maximum Gasteiger partial charge on any atom is 0.290 e. The molecule has 1 fully saturated rings. The first-order valence-electron chi connectivity index (χ1n) is 10.2. The summed E-state index contributed by atoms with van der Waals surface area (Å²) in [5, 5.41) is 6.89. The van der Waals surface area contributed by atoms with Crippen molar-refractivity contribution in [2.24, 2.45) is 13.0 Å². The van der Waals surface area contributed by atoms with Gasteiger partial charge >= 0.3 is 0 Å². The maximum absolute atomic E-state index is 13.0. The minimum Gasteiger partial charge on any atom is -0.483 e. The number of aromatic nitrogens is 2. The van der Waals surface area contributed by atoms with Crippen molar-refractivity contribution in [1.29, 1.82) is 0 Å². The standard InChI is InChI=1S/C23H26N4O.CH2O2/c1-25-14-12-24-22(25)19-7-6-8-20(15-19)23(28)26(2)16-18-11-13-27(17-18)21-9-4-3-5-10-21;2-1-3/h3-10,12,14-15,18H,11,13,16-17H2,1-2H3;1H,(H,2,3). The van der Waals surface area contributed by atoms with Crippen LogP contribution in [0.25, 0.3) is 11.4 Å². The summed E-state index contributed by atoms with van der Waals surface area (Å²) in [4.78, 5) is 30.0. The minimum absolute atomic E-state index is 0.0641. The second-order valence-electron chi connectivity index (χ2n) is 7.67. The summed E-state index contributed by atoms with van der Waals surface area (Å²) in [6.07, 6.45) is 4.79. The molecule has 0 saturated carbocycles. The van der Waals surface area contributed by atoms with Crippen molar-refractivity contribution in [3.05, 3.63) is 72.6 Å². The number of aryl methyl sites for hydroxylation is 1. The third kappa shape index (κ3) is 5.51. The van der Waals surface area contributed by atoms with Crippen molar-refractivity contribution < 1.29 is 14.7 Å². The molecule has 4 rings (SSSR count). The van der Waals surface area contributed by atoms with Crippen molar-refractivity contribution >= 4 is 18.1 Å². The van der Waals surface area contributed by atoms with Crippen LogP contribution < -0.4 is 4.90 Å². The molecule has 1 aliphatic heterocycles. The van der Waals surface area contributed by atoms with Gasteiger partial charge in [0.1, 0.15) is 5.82 Å². The van der Waals surface area contributed by atoms with E-state index in [2.05, 4.69) is 34.1 Å². The Kier molecular flexibility index (Phi) is 7.43. The zero-order chi connectivity index (χ0) is 22.2. The molecule has 31 heavy (non-hydrogen) atoms. The number of anilines is 1. The van der Waals surface area contributed by atoms with Crippen molar-refractivity contribution in [2.75, 3.05) is 31.6 Å². The summed E-state index contributed by atoms with van der Waals surface area (Å²) < 4.78 is 1.96. The number of carbonyl (C=O) groups excluding carboxylic acids is 1. The van der Waals surface area contributed by atoms with Crippen molar-refractivity contribution in [2.45, 2.75) is 6.42 Å². The highest BCUT2D eigenvalue weighted by molar-refractivity contribution is 5.95. The molecule has 0 aliphatic carbocycles. The SMILES string of the molecule is CN(CC1CCN(c2ccccc2)C1)C(=O)c1cccc(-c2nccn2C)c1.O=CO. The highest BCUT2D eigenvalue weighted by atomic mass is 16.3. The van der Waals surface area contributed by atoms with Crippen LogP contribution in [0.15, 0.2) is 67.0 Å². The second-order valence-corrected chi connectivity index (χ2v) is 7.67. The first-order chi connectivity index (χ1) is 15.0. The van der Waals surface area contributed by atoms with E-state index in [1.807, 2.05) is 60.1 Å². The van der Waals surface area contributed by atoms with E-state index in [1.54, 1.807) is 6.20 Å². The molecule has 2 aromatic carbocycles. The van der Waals surface area contributed by atoms with Crippen LogP contribution in [0.1, 0.15) is 16.8 Å². The Labute approximate surface area is 182 Å². The fraction of sp³-hybridized carbons (Fsp3) is 0.292. The molecule has 7 nitrogen and oxygen atoms in total. The third-order valence-electron chi connectivity index (χ3n) is 5.47. The van der Waals surface area contributed by atoms with Crippen LogP contribution in [0.5, 0.6) is 0 Å². The first-order valence-corrected chi connectivity index (χ1v) is 10.2. The highest BCUT2D eigenvalue weighted by Crippen LogP contribution is 2.25. The lowest BCUT2D eigenvalue weighted by Gasteiger charge is -2.23. The molecule has 0 radical (unpaired) electrons. The van der Waals surface area contributed by atoms with Gasteiger partial charge in [0, 0.05) is 62.9 Å². The summed E-state index contributed by atoms with van der Waals surface area (Å²) in [6, 6.07) is 18.2. The molecule has 3 aromatic rings. The van der Waals surface area contributed by atoms with Crippen molar-refractivity contribution in [3.8, 4) is 11.4 Å². The van der Waals surface area contributed by atoms with Crippen molar-refractivity contribution in [3.63, 3.8) is 0 Å². The number of amides is 1. The number of para-hydroxylation sites is 1. The van der Waals surface area contributed by atoms with E-state index in [-0.39, 0.29) is 12.4 Å². The van der Waals surface area contributed by atoms with Gasteiger partial charge in [0.15, 0.2) is 0 Å². The number of benzene rings is 2. The van der Waals surface area contributed by atoms with E-state index in [1.165, 1.54) is 5.69 Å². The number of nitrogens with zero attached hydrogens (tertiary/aromatic N) is 4. The number of carboxylic acid groups (broad SMARTS) is 1. The van der Waals surface area contributed by atoms with E-state index in [9.17, 15) is 4.79 Å². The molecule has 7 heteroatoms. The number of hydrogen-bond donors (Lipinski definition) is 1. The van der Waals surface area contributed by atoms with Crippen LogP contribution >= 0.6 is 0 Å². The van der Waals surface area contributed by atoms with Gasteiger partial charge in [0.2, 0.25) is 0 Å². The molecule has 1 N–H and O–H groups in total. The summed E-state index contributed by atoms with van der Waals surface area (Å²) in [5.41, 5.74) is 2.94. The number of hydrogen-bond acceptors (Lipinski definition) is 4. The second kappa shape index (κ2) is 10.4. The fourth-order valence-corrected chi connectivity index (χ4v) is 3.98. The van der Waals surface area contributed by atoms with Crippen LogP contribution in [-0.4, -0.2) is 58.6 Å². The highest BCUT2D eigenvalue weighted by Gasteiger charge is 2.25. The van der Waals surface area contributed by atoms with Gasteiger partial charge in [-0.1, -0.05) is 30.3 Å². The van der Waals surface area contributed by atoms with E-state index in [0.29, 0.717) is 11.5 Å². The first kappa shape index (κ1) is 22.1. The van der Waals surface area contributed by atoms with Gasteiger partial charge in [0.25, 0.3) is 12.4 Å². The molecule has 2 heterocycles.